The van der Waals surface area contributed by atoms with Crippen LogP contribution in [0, 0.1) is 0 Å². The predicted molar refractivity (Wildman–Crippen MR) is 73.7 cm³/mol. The van der Waals surface area contributed by atoms with Crippen LogP contribution in [0.5, 0.6) is 0 Å². The van der Waals surface area contributed by atoms with Gasteiger partial charge in [-0.3, -0.25) is 0 Å². The van der Waals surface area contributed by atoms with Gasteiger partial charge in [0.25, 0.3) is 0 Å². The van der Waals surface area contributed by atoms with Gasteiger partial charge >= 0.3 is 5.97 Å². The highest BCUT2D eigenvalue weighted by Crippen LogP contribution is 2.24. The molecule has 0 aromatic carbocycles. The molecule has 5 heteroatoms. The lowest BCUT2D eigenvalue weighted by Gasteiger charge is -2.27. The van der Waals surface area contributed by atoms with Gasteiger partial charge in [0.15, 0.2) is 0 Å². The maximum Gasteiger partial charge on any atom is 0.338 e. The lowest BCUT2D eigenvalue weighted by molar-refractivity contribution is -0.00540. The number of imidazole rings is 1. The van der Waals surface area contributed by atoms with Crippen LogP contribution in [0.3, 0.4) is 0 Å². The van der Waals surface area contributed by atoms with Gasteiger partial charge in [0.05, 0.1) is 29.7 Å². The molecule has 2 heterocycles. The van der Waals surface area contributed by atoms with E-state index in [9.17, 15) is 4.79 Å². The molecular formula is C15H18N2O3. The number of pyridine rings is 1. The van der Waals surface area contributed by atoms with Crippen LogP contribution in [-0.2, 0) is 9.47 Å². The molecule has 1 aliphatic rings. The molecule has 0 amide bonds. The number of esters is 1. The monoisotopic (exact) mass is 274 g/mol. The molecule has 0 bridgehead atoms. The summed E-state index contributed by atoms with van der Waals surface area (Å²) in [5.74, 6) is -0.255. The molecule has 0 unspecified atom stereocenters. The number of carbonyl (C=O) groups excluding carboxylic acids is 1. The summed E-state index contributed by atoms with van der Waals surface area (Å²) < 4.78 is 12.8. The van der Waals surface area contributed by atoms with Gasteiger partial charge in [-0.05, 0) is 37.8 Å². The molecule has 1 fully saturated rings. The van der Waals surface area contributed by atoms with Gasteiger partial charge in [-0.1, -0.05) is 0 Å². The Hall–Kier alpha value is -1.88. The molecule has 2 aromatic heterocycles. The highest BCUT2D eigenvalue weighted by atomic mass is 16.5. The fourth-order valence-corrected chi connectivity index (χ4v) is 2.65. The summed E-state index contributed by atoms with van der Waals surface area (Å²) in [6, 6.07) is 3.56. The van der Waals surface area contributed by atoms with Crippen LogP contribution in [0.2, 0.25) is 0 Å². The van der Waals surface area contributed by atoms with Gasteiger partial charge in [-0.2, -0.15) is 0 Å². The molecule has 2 aromatic rings. The SMILES string of the molecule is COC1CCC(OC(=O)c2ccn3cncc3c2)CC1. The Balaban J connectivity index is 1.64. The van der Waals surface area contributed by atoms with Gasteiger partial charge in [0.1, 0.15) is 6.10 Å². The molecule has 5 nitrogen and oxygen atoms in total. The summed E-state index contributed by atoms with van der Waals surface area (Å²) >= 11 is 0. The highest BCUT2D eigenvalue weighted by Gasteiger charge is 2.24. The number of aromatic nitrogens is 2. The van der Waals surface area contributed by atoms with E-state index in [4.69, 9.17) is 9.47 Å². The molecule has 1 aliphatic carbocycles. The minimum atomic E-state index is -0.255. The van der Waals surface area contributed by atoms with E-state index in [1.165, 1.54) is 0 Å². The summed E-state index contributed by atoms with van der Waals surface area (Å²) in [5.41, 5.74) is 1.47. The Morgan fingerprint density at radius 1 is 1.30 bits per heavy atom. The van der Waals surface area contributed by atoms with E-state index in [-0.39, 0.29) is 12.1 Å². The van der Waals surface area contributed by atoms with Crippen molar-refractivity contribution < 1.29 is 14.3 Å². The van der Waals surface area contributed by atoms with Crippen LogP contribution in [-0.4, -0.2) is 34.7 Å². The number of carbonyl (C=O) groups is 1. The van der Waals surface area contributed by atoms with Crippen molar-refractivity contribution in [3.63, 3.8) is 0 Å². The van der Waals surface area contributed by atoms with Crippen molar-refractivity contribution in [3.8, 4) is 0 Å². The zero-order chi connectivity index (χ0) is 13.9. The fraction of sp³-hybridized carbons (Fsp3) is 0.467. The maximum atomic E-state index is 12.1. The molecule has 3 rings (SSSR count). The zero-order valence-corrected chi connectivity index (χ0v) is 11.5. The molecule has 1 saturated carbocycles. The quantitative estimate of drug-likeness (QED) is 0.807. The van der Waals surface area contributed by atoms with E-state index in [1.54, 1.807) is 31.8 Å². The average molecular weight is 274 g/mol. The highest BCUT2D eigenvalue weighted by molar-refractivity contribution is 5.90. The Kier molecular flexibility index (Phi) is 3.69. The summed E-state index contributed by atoms with van der Waals surface area (Å²) in [6.07, 6.45) is 9.23. The molecule has 0 spiro atoms. The first-order chi connectivity index (χ1) is 9.76. The van der Waals surface area contributed by atoms with Crippen molar-refractivity contribution in [2.24, 2.45) is 0 Å². The number of rotatable bonds is 3. The third-order valence-electron chi connectivity index (χ3n) is 3.88. The van der Waals surface area contributed by atoms with Crippen molar-refractivity contribution in [2.45, 2.75) is 37.9 Å². The van der Waals surface area contributed by atoms with Gasteiger partial charge in [-0.15, -0.1) is 0 Å². The van der Waals surface area contributed by atoms with E-state index >= 15 is 0 Å². The number of hydrogen-bond acceptors (Lipinski definition) is 4. The largest absolute Gasteiger partial charge is 0.459 e. The van der Waals surface area contributed by atoms with E-state index in [2.05, 4.69) is 4.98 Å². The van der Waals surface area contributed by atoms with Gasteiger partial charge in [0, 0.05) is 13.3 Å². The van der Waals surface area contributed by atoms with Crippen LogP contribution in [0.15, 0.2) is 30.9 Å². The Labute approximate surface area is 117 Å². The Morgan fingerprint density at radius 2 is 2.05 bits per heavy atom. The van der Waals surface area contributed by atoms with E-state index in [0.29, 0.717) is 11.7 Å². The number of fused-ring (bicyclic) bond motifs is 1. The number of ether oxygens (including phenoxy) is 2. The molecule has 106 valence electrons. The second-order valence-electron chi connectivity index (χ2n) is 5.18. The van der Waals surface area contributed by atoms with Crippen LogP contribution < -0.4 is 0 Å². The first-order valence-electron chi connectivity index (χ1n) is 6.92. The Bertz CT molecular complexity index is 600. The molecule has 20 heavy (non-hydrogen) atoms. The van der Waals surface area contributed by atoms with Crippen LogP contribution in [0.4, 0.5) is 0 Å². The predicted octanol–water partition coefficient (Wildman–Crippen LogP) is 2.45. The normalized spacial score (nSPS) is 22.9. The minimum absolute atomic E-state index is 0.00929. The van der Waals surface area contributed by atoms with Gasteiger partial charge < -0.3 is 13.9 Å². The van der Waals surface area contributed by atoms with Crippen molar-refractivity contribution >= 4 is 11.5 Å². The number of methoxy groups -OCH3 is 1. The lowest BCUT2D eigenvalue weighted by Crippen LogP contribution is -2.27. The fourth-order valence-electron chi connectivity index (χ4n) is 2.65. The molecule has 0 radical (unpaired) electrons. The smallest absolute Gasteiger partial charge is 0.338 e. The summed E-state index contributed by atoms with van der Waals surface area (Å²) in [4.78, 5) is 16.2. The van der Waals surface area contributed by atoms with Gasteiger partial charge in [0.2, 0.25) is 0 Å². The third-order valence-corrected chi connectivity index (χ3v) is 3.88. The standard InChI is InChI=1S/C15H18N2O3/c1-19-13-2-4-14(5-3-13)20-15(18)11-6-7-17-10-16-9-12(17)8-11/h6-10,13-14H,2-5H2,1H3. The van der Waals surface area contributed by atoms with Crippen molar-refractivity contribution in [2.75, 3.05) is 7.11 Å². The van der Waals surface area contributed by atoms with Crippen molar-refractivity contribution in [3.05, 3.63) is 36.4 Å². The zero-order valence-electron chi connectivity index (χ0n) is 11.5. The van der Waals surface area contributed by atoms with E-state index < -0.39 is 0 Å². The molecule has 0 N–H and O–H groups in total. The van der Waals surface area contributed by atoms with Crippen molar-refractivity contribution in [1.82, 2.24) is 9.38 Å². The maximum absolute atomic E-state index is 12.1. The van der Waals surface area contributed by atoms with E-state index in [0.717, 1.165) is 31.2 Å². The summed E-state index contributed by atoms with van der Waals surface area (Å²) in [6.45, 7) is 0. The molecule has 0 atom stereocenters. The van der Waals surface area contributed by atoms with Crippen LogP contribution >= 0.6 is 0 Å². The first kappa shape index (κ1) is 13.1. The van der Waals surface area contributed by atoms with Crippen LogP contribution in [0.1, 0.15) is 36.0 Å². The molecular weight excluding hydrogens is 256 g/mol. The number of hydrogen-bond donors (Lipinski definition) is 0. The molecule has 0 saturated heterocycles. The Morgan fingerprint density at radius 3 is 2.80 bits per heavy atom. The second kappa shape index (κ2) is 5.63. The average Bonchev–Trinajstić information content (AvgIpc) is 2.95. The van der Waals surface area contributed by atoms with Crippen molar-refractivity contribution in [1.29, 1.82) is 0 Å². The third kappa shape index (κ3) is 2.67. The second-order valence-corrected chi connectivity index (χ2v) is 5.18. The molecule has 0 aliphatic heterocycles. The van der Waals surface area contributed by atoms with E-state index in [1.807, 2.05) is 10.6 Å². The van der Waals surface area contributed by atoms with Crippen LogP contribution in [0.25, 0.3) is 5.52 Å². The minimum Gasteiger partial charge on any atom is -0.459 e. The lowest BCUT2D eigenvalue weighted by atomic mass is 9.95. The van der Waals surface area contributed by atoms with Gasteiger partial charge in [-0.25, -0.2) is 9.78 Å². The summed E-state index contributed by atoms with van der Waals surface area (Å²) in [7, 11) is 1.73. The summed E-state index contributed by atoms with van der Waals surface area (Å²) in [5, 5.41) is 0. The topological polar surface area (TPSA) is 52.8 Å². The first-order valence-corrected chi connectivity index (χ1v) is 6.92. The number of nitrogens with zero attached hydrogens (tertiary/aromatic N) is 2.